The molecule has 0 amide bonds. The second-order valence-corrected chi connectivity index (χ2v) is 4.47. The quantitative estimate of drug-likeness (QED) is 0.703. The zero-order chi connectivity index (χ0) is 12.1. The Balaban J connectivity index is 1.78. The minimum Gasteiger partial charge on any atom is -0.373 e. The molecule has 1 saturated heterocycles. The van der Waals surface area contributed by atoms with Gasteiger partial charge in [-0.05, 0) is 13.3 Å². The largest absolute Gasteiger partial charge is 0.373 e. The maximum absolute atomic E-state index is 5.67. The average molecular weight is 235 g/mol. The molecule has 1 atom stereocenters. The summed E-state index contributed by atoms with van der Waals surface area (Å²) in [6.45, 7) is 10.5. The van der Waals surface area contributed by atoms with Gasteiger partial charge < -0.3 is 4.74 Å². The van der Waals surface area contributed by atoms with Crippen molar-refractivity contribution in [3.63, 3.8) is 0 Å². The van der Waals surface area contributed by atoms with Gasteiger partial charge in [0.1, 0.15) is 0 Å². The van der Waals surface area contributed by atoms with Gasteiger partial charge in [-0.25, -0.2) is 0 Å². The minimum absolute atomic E-state index is 0.370. The first kappa shape index (κ1) is 12.3. The fourth-order valence-electron chi connectivity index (χ4n) is 2.20. The summed E-state index contributed by atoms with van der Waals surface area (Å²) in [5.41, 5.74) is 1.29. The van der Waals surface area contributed by atoms with E-state index in [0.29, 0.717) is 12.7 Å². The molecule has 0 N–H and O–H groups in total. The second kappa shape index (κ2) is 5.98. The normalized spacial score (nSPS) is 20.9. The summed E-state index contributed by atoms with van der Waals surface area (Å²) in [5.74, 6) is 0. The molecule has 94 valence electrons. The molecule has 0 unspecified atom stereocenters. The van der Waals surface area contributed by atoms with Crippen molar-refractivity contribution < 1.29 is 4.74 Å². The summed E-state index contributed by atoms with van der Waals surface area (Å²) in [6, 6.07) is 0. The smallest absolute Gasteiger partial charge is 0.0718 e. The van der Waals surface area contributed by atoms with Crippen molar-refractivity contribution in [3.8, 4) is 0 Å². The molecule has 17 heavy (non-hydrogen) atoms. The van der Waals surface area contributed by atoms with Crippen LogP contribution in [0.25, 0.3) is 0 Å². The van der Waals surface area contributed by atoms with Crippen LogP contribution < -0.4 is 0 Å². The van der Waals surface area contributed by atoms with E-state index in [0.717, 1.165) is 32.6 Å². The first-order chi connectivity index (χ1) is 8.31. The molecule has 2 rings (SSSR count). The lowest BCUT2D eigenvalue weighted by Gasteiger charge is -2.14. The summed E-state index contributed by atoms with van der Waals surface area (Å²) in [6.07, 6.45) is 7.39. The van der Waals surface area contributed by atoms with E-state index in [4.69, 9.17) is 4.74 Å². The van der Waals surface area contributed by atoms with Crippen molar-refractivity contribution in [3.05, 3.63) is 30.6 Å². The number of likely N-dealkylation sites (tertiary alicyclic amines) is 1. The molecule has 1 aromatic heterocycles. The van der Waals surface area contributed by atoms with E-state index in [-0.39, 0.29) is 0 Å². The zero-order valence-corrected chi connectivity index (χ0v) is 10.5. The molecule has 0 aromatic carbocycles. The van der Waals surface area contributed by atoms with Crippen molar-refractivity contribution >= 4 is 0 Å². The molecule has 0 radical (unpaired) electrons. The van der Waals surface area contributed by atoms with E-state index in [9.17, 15) is 0 Å². The fraction of sp³-hybridized carbons (Fsp3) is 0.615. The van der Waals surface area contributed by atoms with E-state index in [1.165, 1.54) is 5.56 Å². The van der Waals surface area contributed by atoms with Gasteiger partial charge >= 0.3 is 0 Å². The van der Waals surface area contributed by atoms with E-state index in [2.05, 4.69) is 29.7 Å². The van der Waals surface area contributed by atoms with E-state index in [1.54, 1.807) is 0 Å². The van der Waals surface area contributed by atoms with Crippen molar-refractivity contribution in [1.29, 1.82) is 0 Å². The van der Waals surface area contributed by atoms with Gasteiger partial charge in [-0.1, -0.05) is 6.08 Å². The molecule has 4 nitrogen and oxygen atoms in total. The van der Waals surface area contributed by atoms with Crippen LogP contribution in [0.4, 0.5) is 0 Å². The van der Waals surface area contributed by atoms with Crippen molar-refractivity contribution in [2.24, 2.45) is 0 Å². The zero-order valence-electron chi connectivity index (χ0n) is 10.5. The predicted octanol–water partition coefficient (Wildman–Crippen LogP) is 1.68. The van der Waals surface area contributed by atoms with Crippen LogP contribution in [0.3, 0.4) is 0 Å². The Morgan fingerprint density at radius 1 is 1.65 bits per heavy atom. The third kappa shape index (κ3) is 3.41. The standard InChI is InChI=1S/C13H21N3O/c1-3-7-17-13-5-6-15(11-13)9-12-8-14-16(4-2)10-12/h3,8,10,13H,1,4-7,9,11H2,2H3/t13-/m0/s1. The van der Waals surface area contributed by atoms with Gasteiger partial charge in [0.25, 0.3) is 0 Å². The molecule has 1 fully saturated rings. The monoisotopic (exact) mass is 235 g/mol. The molecule has 0 spiro atoms. The van der Waals surface area contributed by atoms with Gasteiger partial charge in [-0.3, -0.25) is 9.58 Å². The lowest BCUT2D eigenvalue weighted by atomic mass is 10.3. The molecule has 0 saturated carbocycles. The van der Waals surface area contributed by atoms with Gasteiger partial charge in [0, 0.05) is 37.9 Å². The molecule has 0 aliphatic carbocycles. The van der Waals surface area contributed by atoms with Crippen LogP contribution in [0.15, 0.2) is 25.0 Å². The summed E-state index contributed by atoms with van der Waals surface area (Å²) < 4.78 is 7.64. The predicted molar refractivity (Wildman–Crippen MR) is 67.7 cm³/mol. The van der Waals surface area contributed by atoms with Gasteiger partial charge in [0.2, 0.25) is 0 Å². The van der Waals surface area contributed by atoms with E-state index >= 15 is 0 Å². The summed E-state index contributed by atoms with van der Waals surface area (Å²) in [7, 11) is 0. The maximum Gasteiger partial charge on any atom is 0.0718 e. The highest BCUT2D eigenvalue weighted by Gasteiger charge is 2.22. The Hall–Kier alpha value is -1.13. The lowest BCUT2D eigenvalue weighted by Crippen LogP contribution is -2.22. The number of aryl methyl sites for hydroxylation is 1. The Labute approximate surface area is 103 Å². The van der Waals surface area contributed by atoms with E-state index in [1.807, 2.05) is 17.0 Å². The highest BCUT2D eigenvalue weighted by molar-refractivity contribution is 5.04. The minimum atomic E-state index is 0.370. The van der Waals surface area contributed by atoms with Crippen LogP contribution in [0, 0.1) is 0 Å². The van der Waals surface area contributed by atoms with Gasteiger partial charge in [0.05, 0.1) is 18.9 Å². The Morgan fingerprint density at radius 3 is 3.24 bits per heavy atom. The van der Waals surface area contributed by atoms with Crippen LogP contribution in [0.1, 0.15) is 18.9 Å². The number of hydrogen-bond donors (Lipinski definition) is 0. The molecule has 0 bridgehead atoms. The van der Waals surface area contributed by atoms with Crippen molar-refractivity contribution in [2.75, 3.05) is 19.7 Å². The maximum atomic E-state index is 5.67. The van der Waals surface area contributed by atoms with Gasteiger partial charge in [-0.2, -0.15) is 5.10 Å². The molecule has 4 heteroatoms. The number of rotatable bonds is 6. The first-order valence-corrected chi connectivity index (χ1v) is 6.28. The molecule has 1 aliphatic rings. The van der Waals surface area contributed by atoms with Crippen molar-refractivity contribution in [1.82, 2.24) is 14.7 Å². The van der Waals surface area contributed by atoms with Gasteiger partial charge in [0.15, 0.2) is 0 Å². The number of aromatic nitrogens is 2. The molecule has 1 aliphatic heterocycles. The molecular formula is C13H21N3O. The Morgan fingerprint density at radius 2 is 2.53 bits per heavy atom. The Bertz CT molecular complexity index is 361. The average Bonchev–Trinajstić information content (AvgIpc) is 2.96. The fourth-order valence-corrected chi connectivity index (χ4v) is 2.20. The number of hydrogen-bond acceptors (Lipinski definition) is 3. The summed E-state index contributed by atoms with van der Waals surface area (Å²) in [4.78, 5) is 2.42. The molecular weight excluding hydrogens is 214 g/mol. The third-order valence-electron chi connectivity index (χ3n) is 3.10. The molecule has 1 aromatic rings. The van der Waals surface area contributed by atoms with Gasteiger partial charge in [-0.15, -0.1) is 6.58 Å². The number of nitrogens with zero attached hydrogens (tertiary/aromatic N) is 3. The summed E-state index contributed by atoms with van der Waals surface area (Å²) in [5, 5.41) is 4.29. The van der Waals surface area contributed by atoms with Crippen LogP contribution in [-0.4, -0.2) is 40.5 Å². The SMILES string of the molecule is C=CCO[C@H]1CCN(Cc2cnn(CC)c2)C1. The van der Waals surface area contributed by atoms with Crippen LogP contribution in [0.2, 0.25) is 0 Å². The third-order valence-corrected chi connectivity index (χ3v) is 3.10. The highest BCUT2D eigenvalue weighted by Crippen LogP contribution is 2.15. The van der Waals surface area contributed by atoms with Crippen LogP contribution >= 0.6 is 0 Å². The summed E-state index contributed by atoms with van der Waals surface area (Å²) >= 11 is 0. The van der Waals surface area contributed by atoms with E-state index < -0.39 is 0 Å². The number of ether oxygens (including phenoxy) is 1. The lowest BCUT2D eigenvalue weighted by molar-refractivity contribution is 0.0796. The van der Waals surface area contributed by atoms with Crippen molar-refractivity contribution in [2.45, 2.75) is 32.5 Å². The first-order valence-electron chi connectivity index (χ1n) is 6.28. The van der Waals surface area contributed by atoms with Crippen LogP contribution in [-0.2, 0) is 17.8 Å². The Kier molecular flexibility index (Phi) is 4.34. The topological polar surface area (TPSA) is 30.3 Å². The highest BCUT2D eigenvalue weighted by atomic mass is 16.5. The molecule has 2 heterocycles. The second-order valence-electron chi connectivity index (χ2n) is 4.47. The van der Waals surface area contributed by atoms with Crippen LogP contribution in [0.5, 0.6) is 0 Å².